The number of nitrogens with zero attached hydrogens (tertiary/aromatic N) is 1. The summed E-state index contributed by atoms with van der Waals surface area (Å²) in [5.41, 5.74) is 0. The molecule has 2 amide bonds. The van der Waals surface area contributed by atoms with Crippen LogP contribution in [0.2, 0.25) is 0 Å². The minimum atomic E-state index is -0.168. The van der Waals surface area contributed by atoms with E-state index in [9.17, 15) is 9.90 Å². The minimum Gasteiger partial charge on any atom is -0.393 e. The highest BCUT2D eigenvalue weighted by molar-refractivity contribution is 5.74. The molecule has 1 saturated carbocycles. The van der Waals surface area contributed by atoms with Crippen molar-refractivity contribution in [2.75, 3.05) is 19.6 Å². The number of rotatable bonds is 6. The zero-order valence-corrected chi connectivity index (χ0v) is 14.0. The lowest BCUT2D eigenvalue weighted by Crippen LogP contribution is -2.44. The van der Waals surface area contributed by atoms with Gasteiger partial charge in [-0.1, -0.05) is 6.42 Å². The Kier molecular flexibility index (Phi) is 7.46. The molecule has 1 atom stereocenters. The molecule has 3 N–H and O–H groups in total. The molecule has 22 heavy (non-hydrogen) atoms. The summed E-state index contributed by atoms with van der Waals surface area (Å²) in [4.78, 5) is 14.4. The molecule has 0 aromatic rings. The van der Waals surface area contributed by atoms with Gasteiger partial charge in [0, 0.05) is 18.6 Å². The van der Waals surface area contributed by atoms with Crippen molar-refractivity contribution in [3.8, 4) is 0 Å². The number of piperidine rings is 1. The third-order valence-corrected chi connectivity index (χ3v) is 5.13. The van der Waals surface area contributed by atoms with Crippen molar-refractivity contribution in [2.45, 2.75) is 82.9 Å². The van der Waals surface area contributed by atoms with E-state index in [4.69, 9.17) is 0 Å². The van der Waals surface area contributed by atoms with E-state index in [2.05, 4.69) is 22.5 Å². The molecule has 1 saturated heterocycles. The fourth-order valence-corrected chi connectivity index (χ4v) is 3.59. The molecule has 5 heteroatoms. The summed E-state index contributed by atoms with van der Waals surface area (Å²) in [5.74, 6) is 0. The van der Waals surface area contributed by atoms with Crippen molar-refractivity contribution in [2.24, 2.45) is 0 Å². The number of aliphatic hydroxyl groups excluding tert-OH is 1. The second-order valence-corrected chi connectivity index (χ2v) is 6.99. The van der Waals surface area contributed by atoms with Crippen LogP contribution in [0.1, 0.15) is 64.7 Å². The maximum Gasteiger partial charge on any atom is 0.315 e. The topological polar surface area (TPSA) is 64.6 Å². The van der Waals surface area contributed by atoms with Crippen molar-refractivity contribution in [1.82, 2.24) is 15.5 Å². The molecule has 1 unspecified atom stereocenters. The summed E-state index contributed by atoms with van der Waals surface area (Å²) >= 11 is 0. The third kappa shape index (κ3) is 6.13. The number of carbonyl (C=O) groups excluding carboxylic acids is 1. The quantitative estimate of drug-likeness (QED) is 0.659. The van der Waals surface area contributed by atoms with E-state index in [1.807, 2.05) is 0 Å². The molecule has 2 aliphatic rings. The molecule has 0 bridgehead atoms. The molecule has 0 aromatic carbocycles. The largest absolute Gasteiger partial charge is 0.393 e. The lowest BCUT2D eigenvalue weighted by molar-refractivity contribution is 0.117. The molecule has 1 aliphatic heterocycles. The Bertz CT molecular complexity index is 330. The van der Waals surface area contributed by atoms with Gasteiger partial charge in [0.25, 0.3) is 0 Å². The van der Waals surface area contributed by atoms with Gasteiger partial charge in [0.05, 0.1) is 6.10 Å². The SMILES string of the molecule is CC1CCCCN1CCCCNC(=O)NC1CCC(O)CC1. The average Bonchev–Trinajstić information content (AvgIpc) is 2.51. The van der Waals surface area contributed by atoms with Crippen LogP contribution in [0.5, 0.6) is 0 Å². The zero-order valence-electron chi connectivity index (χ0n) is 14.0. The second-order valence-electron chi connectivity index (χ2n) is 6.99. The molecule has 128 valence electrons. The maximum absolute atomic E-state index is 11.8. The average molecular weight is 311 g/mol. The highest BCUT2D eigenvalue weighted by Crippen LogP contribution is 2.18. The number of hydrogen-bond acceptors (Lipinski definition) is 3. The van der Waals surface area contributed by atoms with Crippen molar-refractivity contribution in [3.63, 3.8) is 0 Å². The van der Waals surface area contributed by atoms with Crippen LogP contribution in [-0.2, 0) is 0 Å². The van der Waals surface area contributed by atoms with Gasteiger partial charge in [0.15, 0.2) is 0 Å². The number of nitrogens with one attached hydrogen (secondary N) is 2. The monoisotopic (exact) mass is 311 g/mol. The van der Waals surface area contributed by atoms with Crippen molar-refractivity contribution in [1.29, 1.82) is 0 Å². The van der Waals surface area contributed by atoms with Crippen LogP contribution >= 0.6 is 0 Å². The number of hydrogen-bond donors (Lipinski definition) is 3. The molecule has 5 nitrogen and oxygen atoms in total. The van der Waals surface area contributed by atoms with Gasteiger partial charge in [-0.05, 0) is 71.4 Å². The highest BCUT2D eigenvalue weighted by Gasteiger charge is 2.20. The summed E-state index contributed by atoms with van der Waals surface area (Å²) in [6.45, 7) is 5.48. The van der Waals surface area contributed by atoms with E-state index in [0.717, 1.165) is 57.7 Å². The molecular formula is C17H33N3O2. The lowest BCUT2D eigenvalue weighted by Gasteiger charge is -2.33. The first kappa shape index (κ1) is 17.5. The molecule has 1 heterocycles. The van der Waals surface area contributed by atoms with Gasteiger partial charge in [-0.15, -0.1) is 0 Å². The molecule has 2 fully saturated rings. The predicted molar refractivity (Wildman–Crippen MR) is 88.9 cm³/mol. The number of aliphatic hydroxyl groups is 1. The summed E-state index contributed by atoms with van der Waals surface area (Å²) in [6, 6.07) is 0.914. The van der Waals surface area contributed by atoms with Crippen LogP contribution in [-0.4, -0.2) is 53.9 Å². The molecular weight excluding hydrogens is 278 g/mol. The lowest BCUT2D eigenvalue weighted by atomic mass is 9.93. The molecule has 0 spiro atoms. The first-order valence-corrected chi connectivity index (χ1v) is 9.11. The third-order valence-electron chi connectivity index (χ3n) is 5.13. The van der Waals surface area contributed by atoms with Gasteiger partial charge >= 0.3 is 6.03 Å². The Hall–Kier alpha value is -0.810. The van der Waals surface area contributed by atoms with Gasteiger partial charge in [0.1, 0.15) is 0 Å². The van der Waals surface area contributed by atoms with Crippen molar-refractivity contribution < 1.29 is 9.90 Å². The van der Waals surface area contributed by atoms with Crippen molar-refractivity contribution in [3.05, 3.63) is 0 Å². The van der Waals surface area contributed by atoms with Gasteiger partial charge in [-0.3, -0.25) is 0 Å². The van der Waals surface area contributed by atoms with E-state index in [-0.39, 0.29) is 18.2 Å². The van der Waals surface area contributed by atoms with Gasteiger partial charge in [-0.2, -0.15) is 0 Å². The Morgan fingerprint density at radius 1 is 1.14 bits per heavy atom. The minimum absolute atomic E-state index is 0.0484. The van der Waals surface area contributed by atoms with E-state index in [1.54, 1.807) is 0 Å². The van der Waals surface area contributed by atoms with Crippen LogP contribution in [0.4, 0.5) is 4.79 Å². The zero-order chi connectivity index (χ0) is 15.8. The number of amides is 2. The first-order valence-electron chi connectivity index (χ1n) is 9.11. The molecule has 0 radical (unpaired) electrons. The summed E-state index contributed by atoms with van der Waals surface area (Å²) in [7, 11) is 0. The Morgan fingerprint density at radius 2 is 1.91 bits per heavy atom. The van der Waals surface area contributed by atoms with Crippen LogP contribution in [0.3, 0.4) is 0 Å². The number of likely N-dealkylation sites (tertiary alicyclic amines) is 1. The van der Waals surface area contributed by atoms with Crippen LogP contribution in [0.15, 0.2) is 0 Å². The summed E-state index contributed by atoms with van der Waals surface area (Å²) in [6.07, 6.45) is 9.45. The first-order chi connectivity index (χ1) is 10.6. The second kappa shape index (κ2) is 9.36. The number of urea groups is 1. The van der Waals surface area contributed by atoms with Crippen LogP contribution < -0.4 is 10.6 Å². The Balaban J connectivity index is 1.48. The van der Waals surface area contributed by atoms with Crippen LogP contribution in [0.25, 0.3) is 0 Å². The highest BCUT2D eigenvalue weighted by atomic mass is 16.3. The Morgan fingerprint density at radius 3 is 2.64 bits per heavy atom. The van der Waals surface area contributed by atoms with Gasteiger partial charge in [0.2, 0.25) is 0 Å². The normalized spacial score (nSPS) is 30.0. The fraction of sp³-hybridized carbons (Fsp3) is 0.941. The molecule has 0 aromatic heterocycles. The fourth-order valence-electron chi connectivity index (χ4n) is 3.59. The molecule has 1 aliphatic carbocycles. The van der Waals surface area contributed by atoms with E-state index in [1.165, 1.54) is 25.8 Å². The van der Waals surface area contributed by atoms with Gasteiger partial charge in [-0.25, -0.2) is 4.79 Å². The predicted octanol–water partition coefficient (Wildman–Crippen LogP) is 2.24. The number of unbranched alkanes of at least 4 members (excludes halogenated alkanes) is 1. The van der Waals surface area contributed by atoms with Crippen molar-refractivity contribution >= 4 is 6.03 Å². The maximum atomic E-state index is 11.8. The van der Waals surface area contributed by atoms with Crippen LogP contribution in [0, 0.1) is 0 Å². The van der Waals surface area contributed by atoms with Gasteiger partial charge < -0.3 is 20.6 Å². The van der Waals surface area contributed by atoms with E-state index in [0.29, 0.717) is 0 Å². The standard InChI is InChI=1S/C17H33N3O2/c1-14-6-2-4-12-20(14)13-5-3-11-18-17(22)19-15-7-9-16(21)10-8-15/h14-16,21H,2-13H2,1H3,(H2,18,19,22). The molecule has 2 rings (SSSR count). The summed E-state index contributed by atoms with van der Waals surface area (Å²) < 4.78 is 0. The smallest absolute Gasteiger partial charge is 0.315 e. The number of carbonyl (C=O) groups is 1. The van der Waals surface area contributed by atoms with E-state index < -0.39 is 0 Å². The summed E-state index contributed by atoms with van der Waals surface area (Å²) in [5, 5.41) is 15.4. The van der Waals surface area contributed by atoms with E-state index >= 15 is 0 Å². The Labute approximate surface area is 134 Å².